The van der Waals surface area contributed by atoms with Crippen LogP contribution in [0.15, 0.2) is 35.4 Å². The van der Waals surface area contributed by atoms with Crippen molar-refractivity contribution in [2.24, 2.45) is 0 Å². The topological polar surface area (TPSA) is 88.2 Å². The molecule has 0 aliphatic heterocycles. The Morgan fingerprint density at radius 1 is 1.36 bits per heavy atom. The van der Waals surface area contributed by atoms with Crippen LogP contribution in [0.2, 0.25) is 5.02 Å². The number of fused-ring (bicyclic) bond motifs is 1. The zero-order valence-electron chi connectivity index (χ0n) is 12.1. The molecule has 0 saturated carbocycles. The average molecular weight is 342 g/mol. The number of para-hydroxylation sites is 1. The fraction of sp³-hybridized carbons (Fsp3) is 0.286. The van der Waals surface area contributed by atoms with Crippen molar-refractivity contribution < 1.29 is 13.2 Å². The molecular formula is C14H16ClN3O3S. The van der Waals surface area contributed by atoms with E-state index in [1.54, 1.807) is 25.1 Å². The molecule has 0 fully saturated rings. The van der Waals surface area contributed by atoms with Gasteiger partial charge in [0.25, 0.3) is 0 Å². The van der Waals surface area contributed by atoms with Crippen LogP contribution in [0.1, 0.15) is 13.8 Å². The average Bonchev–Trinajstić information content (AvgIpc) is 2.47. The van der Waals surface area contributed by atoms with Crippen LogP contribution in [0, 0.1) is 0 Å². The number of carbonyl (C=O) groups excluding carboxylic acids is 1. The fourth-order valence-corrected chi connectivity index (χ4v) is 3.59. The molecule has 0 saturated heterocycles. The van der Waals surface area contributed by atoms with Crippen molar-refractivity contribution in [3.63, 3.8) is 0 Å². The van der Waals surface area contributed by atoms with Crippen molar-refractivity contribution >= 4 is 38.4 Å². The van der Waals surface area contributed by atoms with Gasteiger partial charge in [-0.3, -0.25) is 9.78 Å². The van der Waals surface area contributed by atoms with Crippen LogP contribution in [0.25, 0.3) is 10.9 Å². The Kier molecular flexibility index (Phi) is 5.00. The summed E-state index contributed by atoms with van der Waals surface area (Å²) in [4.78, 5) is 15.8. The van der Waals surface area contributed by atoms with E-state index in [9.17, 15) is 13.2 Å². The molecule has 22 heavy (non-hydrogen) atoms. The Morgan fingerprint density at radius 3 is 2.77 bits per heavy atom. The summed E-state index contributed by atoms with van der Waals surface area (Å²) in [6.45, 7) is 3.67. The van der Waals surface area contributed by atoms with Gasteiger partial charge in [0.2, 0.25) is 15.9 Å². The lowest BCUT2D eigenvalue weighted by molar-refractivity contribution is -0.122. The van der Waals surface area contributed by atoms with Gasteiger partial charge in [-0.05, 0) is 26.0 Å². The number of halogens is 1. The highest BCUT2D eigenvalue weighted by molar-refractivity contribution is 7.89. The predicted octanol–water partition coefficient (Wildman–Crippen LogP) is 1.69. The molecule has 1 atom stereocenters. The van der Waals surface area contributed by atoms with Gasteiger partial charge in [0.1, 0.15) is 4.90 Å². The third-order valence-corrected chi connectivity index (χ3v) is 4.95. The number of amides is 1. The molecule has 2 rings (SSSR count). The van der Waals surface area contributed by atoms with Crippen molar-refractivity contribution in [1.29, 1.82) is 0 Å². The molecule has 2 aromatic rings. The number of pyridine rings is 1. The van der Waals surface area contributed by atoms with Gasteiger partial charge >= 0.3 is 0 Å². The van der Waals surface area contributed by atoms with E-state index in [2.05, 4.69) is 15.0 Å². The van der Waals surface area contributed by atoms with Crippen molar-refractivity contribution in [1.82, 2.24) is 15.0 Å². The van der Waals surface area contributed by atoms with Crippen molar-refractivity contribution in [2.75, 3.05) is 6.54 Å². The second-order valence-corrected chi connectivity index (χ2v) is 6.77. The Bertz CT molecular complexity index is 808. The zero-order chi connectivity index (χ0) is 16.3. The van der Waals surface area contributed by atoms with E-state index < -0.39 is 22.0 Å². The van der Waals surface area contributed by atoms with Crippen molar-refractivity contribution in [2.45, 2.75) is 24.8 Å². The summed E-state index contributed by atoms with van der Waals surface area (Å²) in [5.74, 6) is -0.391. The molecule has 118 valence electrons. The number of rotatable bonds is 5. The molecule has 1 aromatic carbocycles. The minimum absolute atomic E-state index is 0.0105. The minimum Gasteiger partial charge on any atom is -0.355 e. The highest BCUT2D eigenvalue weighted by Gasteiger charge is 2.24. The largest absolute Gasteiger partial charge is 0.355 e. The van der Waals surface area contributed by atoms with E-state index in [4.69, 9.17) is 11.6 Å². The van der Waals surface area contributed by atoms with E-state index in [1.807, 2.05) is 0 Å². The summed E-state index contributed by atoms with van der Waals surface area (Å²) in [6, 6.07) is 5.40. The summed E-state index contributed by atoms with van der Waals surface area (Å²) in [7, 11) is -3.90. The Labute approximate surface area is 133 Å². The quantitative estimate of drug-likeness (QED) is 0.866. The number of aromatic nitrogens is 1. The smallest absolute Gasteiger partial charge is 0.243 e. The van der Waals surface area contributed by atoms with Gasteiger partial charge in [-0.2, -0.15) is 4.72 Å². The van der Waals surface area contributed by atoms with Crippen molar-refractivity contribution in [3.8, 4) is 0 Å². The van der Waals surface area contributed by atoms with Gasteiger partial charge in [-0.1, -0.05) is 23.7 Å². The monoisotopic (exact) mass is 341 g/mol. The lowest BCUT2D eigenvalue weighted by Gasteiger charge is -2.14. The highest BCUT2D eigenvalue weighted by Crippen LogP contribution is 2.26. The normalized spacial score (nSPS) is 13.0. The summed E-state index contributed by atoms with van der Waals surface area (Å²) < 4.78 is 27.4. The lowest BCUT2D eigenvalue weighted by Crippen LogP contribution is -2.44. The van der Waals surface area contributed by atoms with E-state index in [0.717, 1.165) is 0 Å². The van der Waals surface area contributed by atoms with Crippen LogP contribution in [0.5, 0.6) is 0 Å². The highest BCUT2D eigenvalue weighted by atomic mass is 35.5. The van der Waals surface area contributed by atoms with Gasteiger partial charge in [-0.25, -0.2) is 8.42 Å². The van der Waals surface area contributed by atoms with Gasteiger partial charge in [0, 0.05) is 18.1 Å². The SMILES string of the molecule is CCNC(=O)C(C)NS(=O)(=O)c1cccc2c(Cl)ccnc12. The number of sulfonamides is 1. The summed E-state index contributed by atoms with van der Waals surface area (Å²) >= 11 is 6.06. The minimum atomic E-state index is -3.90. The van der Waals surface area contributed by atoms with Gasteiger partial charge < -0.3 is 5.32 Å². The van der Waals surface area contributed by atoms with E-state index in [-0.39, 0.29) is 10.4 Å². The molecule has 1 aromatic heterocycles. The number of hydrogen-bond acceptors (Lipinski definition) is 4. The first-order valence-electron chi connectivity index (χ1n) is 6.70. The molecule has 1 amide bonds. The summed E-state index contributed by atoms with van der Waals surface area (Å²) in [5, 5.41) is 3.52. The molecule has 0 spiro atoms. The Hall–Kier alpha value is -1.70. The number of nitrogens with one attached hydrogen (secondary N) is 2. The molecule has 8 heteroatoms. The van der Waals surface area contributed by atoms with Crippen LogP contribution in [0.4, 0.5) is 0 Å². The van der Waals surface area contributed by atoms with E-state index in [1.165, 1.54) is 19.2 Å². The molecule has 0 bridgehead atoms. The van der Waals surface area contributed by atoms with Gasteiger partial charge in [-0.15, -0.1) is 0 Å². The van der Waals surface area contributed by atoms with Crippen LogP contribution in [-0.4, -0.2) is 31.9 Å². The maximum atomic E-state index is 12.5. The van der Waals surface area contributed by atoms with Crippen molar-refractivity contribution in [3.05, 3.63) is 35.5 Å². The first kappa shape index (κ1) is 16.7. The molecular weight excluding hydrogens is 326 g/mol. The first-order chi connectivity index (χ1) is 10.4. The van der Waals surface area contributed by atoms with Gasteiger partial charge in [0.05, 0.1) is 16.6 Å². The molecule has 0 aliphatic rings. The molecule has 0 aliphatic carbocycles. The third-order valence-electron chi connectivity index (χ3n) is 3.05. The number of benzene rings is 1. The molecule has 2 N–H and O–H groups in total. The molecule has 0 radical (unpaired) electrons. The number of carbonyl (C=O) groups is 1. The maximum absolute atomic E-state index is 12.5. The Balaban J connectivity index is 2.42. The number of nitrogens with zero attached hydrogens (tertiary/aromatic N) is 1. The molecule has 1 heterocycles. The van der Waals surface area contributed by atoms with E-state index >= 15 is 0 Å². The Morgan fingerprint density at radius 2 is 2.09 bits per heavy atom. The summed E-state index contributed by atoms with van der Waals surface area (Å²) in [6.07, 6.45) is 1.44. The van der Waals surface area contributed by atoms with Crippen LogP contribution >= 0.6 is 11.6 Å². The number of likely N-dealkylation sites (N-methyl/N-ethyl adjacent to an activating group) is 1. The molecule has 1 unspecified atom stereocenters. The maximum Gasteiger partial charge on any atom is 0.243 e. The van der Waals surface area contributed by atoms with Gasteiger partial charge in [0.15, 0.2) is 0 Å². The number of hydrogen-bond donors (Lipinski definition) is 2. The van der Waals surface area contributed by atoms with Crippen LogP contribution < -0.4 is 10.0 Å². The zero-order valence-corrected chi connectivity index (χ0v) is 13.7. The second kappa shape index (κ2) is 6.60. The standard InChI is InChI=1S/C14H16ClN3O3S/c1-3-16-14(19)9(2)18-22(20,21)12-6-4-5-10-11(15)7-8-17-13(10)12/h4-9,18H,3H2,1-2H3,(H,16,19). The molecule has 6 nitrogen and oxygen atoms in total. The summed E-state index contributed by atoms with van der Waals surface area (Å²) in [5.41, 5.74) is 0.269. The second-order valence-electron chi connectivity index (χ2n) is 4.68. The van der Waals surface area contributed by atoms with E-state index in [0.29, 0.717) is 17.0 Å². The predicted molar refractivity (Wildman–Crippen MR) is 85.2 cm³/mol. The van der Waals surface area contributed by atoms with Crippen LogP contribution in [0.3, 0.4) is 0 Å². The lowest BCUT2D eigenvalue weighted by atomic mass is 10.2. The van der Waals surface area contributed by atoms with Crippen LogP contribution in [-0.2, 0) is 14.8 Å². The first-order valence-corrected chi connectivity index (χ1v) is 8.56. The third kappa shape index (κ3) is 3.37. The fourth-order valence-electron chi connectivity index (χ4n) is 2.01.